The Bertz CT molecular complexity index is 517. The van der Waals surface area contributed by atoms with E-state index in [0.717, 1.165) is 25.9 Å². The fourth-order valence-corrected chi connectivity index (χ4v) is 2.63. The molecule has 116 valence electrons. The third-order valence-corrected chi connectivity index (χ3v) is 3.76. The smallest absolute Gasteiger partial charge is 0.250 e. The summed E-state index contributed by atoms with van der Waals surface area (Å²) in [5.74, 6) is -0.181. The van der Waals surface area contributed by atoms with E-state index < -0.39 is 5.91 Å². The molecule has 0 unspecified atom stereocenters. The molecule has 1 aliphatic heterocycles. The number of carbonyl (C=O) groups excluding carboxylic acids is 2. The second-order valence-electron chi connectivity index (χ2n) is 5.00. The Labute approximate surface area is 135 Å². The van der Waals surface area contributed by atoms with Crippen LogP contribution in [0.15, 0.2) is 18.2 Å². The van der Waals surface area contributed by atoms with Gasteiger partial charge in [-0.1, -0.05) is 11.6 Å². The van der Waals surface area contributed by atoms with E-state index in [1.165, 1.54) is 6.07 Å². The SMILES string of the molecule is Cl.NC(=O)c1ccc(NC(=O)CC2CCNCC2)cc1Cl. The van der Waals surface area contributed by atoms with E-state index in [1.807, 2.05) is 0 Å². The summed E-state index contributed by atoms with van der Waals surface area (Å²) in [6, 6.07) is 4.69. The highest BCUT2D eigenvalue weighted by atomic mass is 35.5. The fraction of sp³-hybridized carbons (Fsp3) is 0.429. The van der Waals surface area contributed by atoms with E-state index in [9.17, 15) is 9.59 Å². The first kappa shape index (κ1) is 17.8. The Morgan fingerprint density at radius 3 is 2.57 bits per heavy atom. The molecule has 1 heterocycles. The van der Waals surface area contributed by atoms with Gasteiger partial charge in [-0.05, 0) is 50.0 Å². The third-order valence-electron chi connectivity index (χ3n) is 3.45. The van der Waals surface area contributed by atoms with Crippen LogP contribution in [0.4, 0.5) is 5.69 Å². The van der Waals surface area contributed by atoms with Crippen molar-refractivity contribution in [3.8, 4) is 0 Å². The number of hydrogen-bond acceptors (Lipinski definition) is 3. The lowest BCUT2D eigenvalue weighted by Gasteiger charge is -2.21. The predicted molar refractivity (Wildman–Crippen MR) is 86.1 cm³/mol. The molecule has 2 rings (SSSR count). The molecule has 0 bridgehead atoms. The van der Waals surface area contributed by atoms with Gasteiger partial charge in [-0.25, -0.2) is 0 Å². The van der Waals surface area contributed by atoms with Crippen LogP contribution in [0.3, 0.4) is 0 Å². The standard InChI is InChI=1S/C14H18ClN3O2.ClH/c15-12-8-10(1-2-11(12)14(16)20)18-13(19)7-9-3-5-17-6-4-9;/h1-2,8-9,17H,3-7H2,(H2,16,20)(H,18,19);1H. The lowest BCUT2D eigenvalue weighted by atomic mass is 9.94. The molecule has 4 N–H and O–H groups in total. The van der Waals surface area contributed by atoms with Crippen molar-refractivity contribution in [2.75, 3.05) is 18.4 Å². The fourth-order valence-electron chi connectivity index (χ4n) is 2.35. The van der Waals surface area contributed by atoms with Crippen LogP contribution in [0.25, 0.3) is 0 Å². The van der Waals surface area contributed by atoms with E-state index in [1.54, 1.807) is 12.1 Å². The molecule has 1 aromatic carbocycles. The second kappa shape index (κ2) is 8.22. The van der Waals surface area contributed by atoms with Crippen molar-refractivity contribution >= 4 is 41.5 Å². The van der Waals surface area contributed by atoms with Crippen molar-refractivity contribution in [3.05, 3.63) is 28.8 Å². The number of amides is 2. The summed E-state index contributed by atoms with van der Waals surface area (Å²) in [5, 5.41) is 6.32. The minimum atomic E-state index is -0.581. The van der Waals surface area contributed by atoms with E-state index >= 15 is 0 Å². The van der Waals surface area contributed by atoms with Gasteiger partial charge in [-0.3, -0.25) is 9.59 Å². The summed E-state index contributed by atoms with van der Waals surface area (Å²) >= 11 is 5.94. The molecule has 21 heavy (non-hydrogen) atoms. The first-order valence-corrected chi connectivity index (χ1v) is 7.04. The Hall–Kier alpha value is -1.30. The third kappa shape index (κ3) is 5.19. The number of hydrogen-bond donors (Lipinski definition) is 3. The Morgan fingerprint density at radius 1 is 1.33 bits per heavy atom. The summed E-state index contributed by atoms with van der Waals surface area (Å²) in [7, 11) is 0. The topological polar surface area (TPSA) is 84.2 Å². The highest BCUT2D eigenvalue weighted by Crippen LogP contribution is 2.22. The summed E-state index contributed by atoms with van der Waals surface area (Å²) in [4.78, 5) is 23.0. The van der Waals surface area contributed by atoms with Crippen LogP contribution in [0.2, 0.25) is 5.02 Å². The van der Waals surface area contributed by atoms with Crippen LogP contribution in [0, 0.1) is 5.92 Å². The van der Waals surface area contributed by atoms with E-state index in [-0.39, 0.29) is 28.9 Å². The molecule has 0 aliphatic carbocycles. The minimum Gasteiger partial charge on any atom is -0.366 e. The van der Waals surface area contributed by atoms with E-state index in [0.29, 0.717) is 18.0 Å². The van der Waals surface area contributed by atoms with Crippen LogP contribution in [0.1, 0.15) is 29.6 Å². The van der Waals surface area contributed by atoms with Gasteiger partial charge in [0.05, 0.1) is 10.6 Å². The number of primary amides is 1. The van der Waals surface area contributed by atoms with Crippen LogP contribution in [-0.4, -0.2) is 24.9 Å². The molecule has 0 aromatic heterocycles. The number of rotatable bonds is 4. The van der Waals surface area contributed by atoms with Crippen molar-refractivity contribution in [2.45, 2.75) is 19.3 Å². The van der Waals surface area contributed by atoms with Gasteiger partial charge in [0.2, 0.25) is 11.8 Å². The first-order chi connectivity index (χ1) is 9.56. The van der Waals surface area contributed by atoms with Crippen molar-refractivity contribution in [1.29, 1.82) is 0 Å². The number of piperidine rings is 1. The molecule has 0 saturated carbocycles. The van der Waals surface area contributed by atoms with Crippen molar-refractivity contribution in [2.24, 2.45) is 11.7 Å². The number of nitrogens with two attached hydrogens (primary N) is 1. The number of anilines is 1. The zero-order chi connectivity index (χ0) is 14.5. The largest absolute Gasteiger partial charge is 0.366 e. The molecule has 7 heteroatoms. The van der Waals surface area contributed by atoms with Gasteiger partial charge in [0.1, 0.15) is 0 Å². The van der Waals surface area contributed by atoms with Crippen LogP contribution < -0.4 is 16.4 Å². The molecular weight excluding hydrogens is 313 g/mol. The van der Waals surface area contributed by atoms with Crippen molar-refractivity contribution in [1.82, 2.24) is 5.32 Å². The number of benzene rings is 1. The minimum absolute atomic E-state index is 0. The van der Waals surface area contributed by atoms with Crippen molar-refractivity contribution in [3.63, 3.8) is 0 Å². The number of halogens is 2. The summed E-state index contributed by atoms with van der Waals surface area (Å²) in [5.41, 5.74) is 6.01. The van der Waals surface area contributed by atoms with Crippen LogP contribution >= 0.6 is 24.0 Å². The van der Waals surface area contributed by atoms with Gasteiger partial charge in [0.15, 0.2) is 0 Å². The molecule has 5 nitrogen and oxygen atoms in total. The maximum atomic E-state index is 11.9. The Balaban J connectivity index is 0.00000220. The number of carbonyl (C=O) groups is 2. The summed E-state index contributed by atoms with van der Waals surface area (Å²) in [6.45, 7) is 1.94. The lowest BCUT2D eigenvalue weighted by molar-refractivity contribution is -0.117. The molecule has 0 atom stereocenters. The van der Waals surface area contributed by atoms with Gasteiger partial charge in [-0.2, -0.15) is 0 Å². The zero-order valence-electron chi connectivity index (χ0n) is 11.5. The second-order valence-corrected chi connectivity index (χ2v) is 5.41. The van der Waals surface area contributed by atoms with Crippen LogP contribution in [0.5, 0.6) is 0 Å². The summed E-state index contributed by atoms with van der Waals surface area (Å²) in [6.07, 6.45) is 2.56. The Morgan fingerprint density at radius 2 is 2.00 bits per heavy atom. The van der Waals surface area contributed by atoms with Gasteiger partial charge in [-0.15, -0.1) is 12.4 Å². The van der Waals surface area contributed by atoms with Gasteiger partial charge < -0.3 is 16.4 Å². The van der Waals surface area contributed by atoms with Gasteiger partial charge in [0, 0.05) is 12.1 Å². The normalized spacial score (nSPS) is 15.1. The van der Waals surface area contributed by atoms with E-state index in [4.69, 9.17) is 17.3 Å². The average Bonchev–Trinajstić information content (AvgIpc) is 2.39. The molecule has 1 aliphatic rings. The maximum absolute atomic E-state index is 11.9. The molecule has 0 radical (unpaired) electrons. The molecule has 1 aromatic rings. The highest BCUT2D eigenvalue weighted by Gasteiger charge is 2.17. The molecule has 1 fully saturated rings. The van der Waals surface area contributed by atoms with E-state index in [2.05, 4.69) is 10.6 Å². The zero-order valence-corrected chi connectivity index (χ0v) is 13.1. The molecule has 0 spiro atoms. The average molecular weight is 332 g/mol. The highest BCUT2D eigenvalue weighted by molar-refractivity contribution is 6.34. The molecular formula is C14H19Cl2N3O2. The van der Waals surface area contributed by atoms with Gasteiger partial charge in [0.25, 0.3) is 0 Å². The molecule has 2 amide bonds. The predicted octanol–water partition coefficient (Wildman–Crippen LogP) is 2.19. The van der Waals surface area contributed by atoms with Crippen molar-refractivity contribution < 1.29 is 9.59 Å². The Kier molecular flexibility index (Phi) is 6.95. The lowest BCUT2D eigenvalue weighted by Crippen LogP contribution is -2.30. The van der Waals surface area contributed by atoms with Crippen LogP contribution in [-0.2, 0) is 4.79 Å². The molecule has 1 saturated heterocycles. The van der Waals surface area contributed by atoms with Gasteiger partial charge >= 0.3 is 0 Å². The first-order valence-electron chi connectivity index (χ1n) is 6.66. The summed E-state index contributed by atoms with van der Waals surface area (Å²) < 4.78 is 0. The number of nitrogens with one attached hydrogen (secondary N) is 2. The quantitative estimate of drug-likeness (QED) is 0.790. The monoisotopic (exact) mass is 331 g/mol. The maximum Gasteiger partial charge on any atom is 0.250 e.